The third-order valence-electron chi connectivity index (χ3n) is 3.94. The second-order valence-electron chi connectivity index (χ2n) is 5.32. The van der Waals surface area contributed by atoms with Gasteiger partial charge in [0, 0.05) is 38.9 Å². The Kier molecular flexibility index (Phi) is 4.97. The van der Waals surface area contributed by atoms with E-state index in [-0.39, 0.29) is 17.3 Å². The number of thioether (sulfide) groups is 1. The minimum Gasteiger partial charge on any atom is -0.480 e. The molecule has 0 aromatic rings. The highest BCUT2D eigenvalue weighted by Gasteiger charge is 2.41. The van der Waals surface area contributed by atoms with Crippen LogP contribution in [0.1, 0.15) is 20.3 Å². The van der Waals surface area contributed by atoms with Crippen molar-refractivity contribution < 1.29 is 19.5 Å². The van der Waals surface area contributed by atoms with Gasteiger partial charge in [-0.2, -0.15) is 0 Å². The number of carboxylic acids is 1. The van der Waals surface area contributed by atoms with Crippen LogP contribution in [0.3, 0.4) is 0 Å². The number of carboxylic acid groups (broad SMARTS) is 1. The molecule has 2 rings (SSSR count). The van der Waals surface area contributed by atoms with Crippen LogP contribution in [0.25, 0.3) is 0 Å². The highest BCUT2D eigenvalue weighted by molar-refractivity contribution is 8.00. The molecule has 2 fully saturated rings. The van der Waals surface area contributed by atoms with Gasteiger partial charge in [-0.3, -0.25) is 9.69 Å². The molecular formula is C13H21N3O4S. The van der Waals surface area contributed by atoms with Crippen LogP contribution < -0.4 is 0 Å². The van der Waals surface area contributed by atoms with Crippen molar-refractivity contribution in [3.8, 4) is 0 Å². The van der Waals surface area contributed by atoms with E-state index in [0.717, 1.165) is 6.42 Å². The normalized spacial score (nSPS) is 26.7. The third kappa shape index (κ3) is 3.42. The van der Waals surface area contributed by atoms with Gasteiger partial charge in [-0.05, 0) is 13.3 Å². The Morgan fingerprint density at radius 1 is 1.10 bits per heavy atom. The molecule has 0 aliphatic carbocycles. The monoisotopic (exact) mass is 315 g/mol. The van der Waals surface area contributed by atoms with Crippen LogP contribution in [0.5, 0.6) is 0 Å². The molecule has 0 aromatic heterocycles. The van der Waals surface area contributed by atoms with Crippen molar-refractivity contribution in [2.45, 2.75) is 31.7 Å². The summed E-state index contributed by atoms with van der Waals surface area (Å²) in [6.45, 7) is 5.55. The summed E-state index contributed by atoms with van der Waals surface area (Å²) in [6.07, 6.45) is 0.721. The van der Waals surface area contributed by atoms with E-state index < -0.39 is 12.0 Å². The first-order valence-electron chi connectivity index (χ1n) is 7.09. The van der Waals surface area contributed by atoms with Gasteiger partial charge in [0.05, 0.1) is 5.37 Å². The van der Waals surface area contributed by atoms with Gasteiger partial charge in [0.25, 0.3) is 0 Å². The zero-order chi connectivity index (χ0) is 15.6. The summed E-state index contributed by atoms with van der Waals surface area (Å²) in [6, 6.07) is -0.991. The summed E-state index contributed by atoms with van der Waals surface area (Å²) in [5.41, 5.74) is 0. The molecule has 2 saturated heterocycles. The molecular weight excluding hydrogens is 294 g/mol. The van der Waals surface area contributed by atoms with E-state index >= 15 is 0 Å². The van der Waals surface area contributed by atoms with Gasteiger partial charge >= 0.3 is 12.0 Å². The Labute approximate surface area is 128 Å². The highest BCUT2D eigenvalue weighted by atomic mass is 32.2. The van der Waals surface area contributed by atoms with Gasteiger partial charge in [-0.1, -0.05) is 0 Å². The van der Waals surface area contributed by atoms with Crippen LogP contribution in [0.15, 0.2) is 0 Å². The van der Waals surface area contributed by atoms with E-state index in [2.05, 4.69) is 0 Å². The number of hydrogen-bond acceptors (Lipinski definition) is 4. The lowest BCUT2D eigenvalue weighted by Crippen LogP contribution is -2.51. The van der Waals surface area contributed by atoms with Gasteiger partial charge in [-0.15, -0.1) is 11.8 Å². The molecule has 2 unspecified atom stereocenters. The van der Waals surface area contributed by atoms with Crippen LogP contribution in [-0.4, -0.2) is 81.1 Å². The first-order valence-corrected chi connectivity index (χ1v) is 8.14. The van der Waals surface area contributed by atoms with Crippen molar-refractivity contribution in [2.75, 3.05) is 31.9 Å². The van der Waals surface area contributed by atoms with E-state index in [4.69, 9.17) is 0 Å². The molecule has 2 aliphatic heterocycles. The lowest BCUT2D eigenvalue weighted by atomic mass is 10.3. The topological polar surface area (TPSA) is 81.2 Å². The van der Waals surface area contributed by atoms with Crippen molar-refractivity contribution in [2.24, 2.45) is 0 Å². The average molecular weight is 315 g/mol. The van der Waals surface area contributed by atoms with Crippen LogP contribution in [0, 0.1) is 0 Å². The fourth-order valence-corrected chi connectivity index (χ4v) is 3.87. The van der Waals surface area contributed by atoms with Gasteiger partial charge in [0.1, 0.15) is 6.04 Å². The molecule has 2 heterocycles. The van der Waals surface area contributed by atoms with Crippen molar-refractivity contribution in [3.63, 3.8) is 0 Å². The number of hydrogen-bond donors (Lipinski definition) is 1. The second kappa shape index (κ2) is 6.55. The fourth-order valence-electron chi connectivity index (χ4n) is 2.71. The zero-order valence-corrected chi connectivity index (χ0v) is 13.1. The van der Waals surface area contributed by atoms with Crippen LogP contribution in [-0.2, 0) is 9.59 Å². The van der Waals surface area contributed by atoms with Crippen molar-refractivity contribution in [1.82, 2.24) is 14.7 Å². The quantitative estimate of drug-likeness (QED) is 0.762. The molecule has 0 radical (unpaired) electrons. The molecule has 0 saturated carbocycles. The number of aliphatic carboxylic acids is 1. The molecule has 0 spiro atoms. The molecule has 7 nitrogen and oxygen atoms in total. The van der Waals surface area contributed by atoms with Crippen LogP contribution >= 0.6 is 11.8 Å². The summed E-state index contributed by atoms with van der Waals surface area (Å²) in [5, 5.41) is 9.11. The number of urea groups is 1. The van der Waals surface area contributed by atoms with E-state index in [1.54, 1.807) is 9.80 Å². The van der Waals surface area contributed by atoms with E-state index in [9.17, 15) is 19.5 Å². The predicted molar refractivity (Wildman–Crippen MR) is 79.0 cm³/mol. The van der Waals surface area contributed by atoms with Gasteiger partial charge in [0.15, 0.2) is 0 Å². The van der Waals surface area contributed by atoms with E-state index in [0.29, 0.717) is 31.9 Å². The SMILES string of the molecule is CC(=O)N1CCCN(C(=O)N2C(C)SCC2C(=O)O)CC1. The molecule has 0 aromatic carbocycles. The highest BCUT2D eigenvalue weighted by Crippen LogP contribution is 2.30. The Morgan fingerprint density at radius 2 is 1.71 bits per heavy atom. The third-order valence-corrected chi connectivity index (χ3v) is 5.16. The molecule has 3 amide bonds. The Balaban J connectivity index is 2.05. The van der Waals surface area contributed by atoms with Gasteiger partial charge in [-0.25, -0.2) is 9.59 Å². The standard InChI is InChI=1S/C13H21N3O4S/c1-9(17)14-4-3-5-15(7-6-14)13(20)16-10(2)21-8-11(16)12(18)19/h10-11H,3-8H2,1-2H3,(H,18,19). The number of carbonyl (C=O) groups is 3. The molecule has 0 bridgehead atoms. The summed E-state index contributed by atoms with van der Waals surface area (Å²) >= 11 is 1.48. The minimum atomic E-state index is -0.958. The largest absolute Gasteiger partial charge is 0.480 e. The summed E-state index contributed by atoms with van der Waals surface area (Å²) in [4.78, 5) is 40.2. The summed E-state index contributed by atoms with van der Waals surface area (Å²) in [7, 11) is 0. The number of rotatable bonds is 1. The molecule has 21 heavy (non-hydrogen) atoms. The first-order chi connectivity index (χ1) is 9.91. The van der Waals surface area contributed by atoms with Gasteiger partial charge in [0.2, 0.25) is 5.91 Å². The number of carbonyl (C=O) groups excluding carboxylic acids is 2. The maximum atomic E-state index is 12.6. The Hall–Kier alpha value is -1.44. The number of nitrogens with zero attached hydrogens (tertiary/aromatic N) is 3. The molecule has 8 heteroatoms. The van der Waals surface area contributed by atoms with E-state index in [1.807, 2.05) is 6.92 Å². The Morgan fingerprint density at radius 3 is 2.33 bits per heavy atom. The minimum absolute atomic E-state index is 0.0119. The van der Waals surface area contributed by atoms with E-state index in [1.165, 1.54) is 23.6 Å². The van der Waals surface area contributed by atoms with Crippen LogP contribution in [0.2, 0.25) is 0 Å². The second-order valence-corrected chi connectivity index (χ2v) is 6.67. The Bertz CT molecular complexity index is 445. The first kappa shape index (κ1) is 15.9. The summed E-state index contributed by atoms with van der Waals surface area (Å²) in [5.74, 6) is -0.520. The molecule has 2 atom stereocenters. The number of amides is 3. The summed E-state index contributed by atoms with van der Waals surface area (Å²) < 4.78 is 0. The maximum absolute atomic E-state index is 12.6. The van der Waals surface area contributed by atoms with Gasteiger partial charge < -0.3 is 14.9 Å². The maximum Gasteiger partial charge on any atom is 0.327 e. The molecule has 2 aliphatic rings. The van der Waals surface area contributed by atoms with Crippen molar-refractivity contribution in [1.29, 1.82) is 0 Å². The molecule has 1 N–H and O–H groups in total. The molecule has 118 valence electrons. The lowest BCUT2D eigenvalue weighted by Gasteiger charge is -2.31. The predicted octanol–water partition coefficient (Wildman–Crippen LogP) is 0.509. The fraction of sp³-hybridized carbons (Fsp3) is 0.769. The van der Waals surface area contributed by atoms with Crippen LogP contribution in [0.4, 0.5) is 4.79 Å². The zero-order valence-electron chi connectivity index (χ0n) is 12.3. The van der Waals surface area contributed by atoms with Crippen molar-refractivity contribution in [3.05, 3.63) is 0 Å². The average Bonchev–Trinajstić information content (AvgIpc) is 2.66. The smallest absolute Gasteiger partial charge is 0.327 e. The lowest BCUT2D eigenvalue weighted by molar-refractivity contribution is -0.141. The van der Waals surface area contributed by atoms with Crippen molar-refractivity contribution >= 4 is 29.7 Å².